The second kappa shape index (κ2) is 9.94. The van der Waals surface area contributed by atoms with Gasteiger partial charge in [-0.3, -0.25) is 4.98 Å². The smallest absolute Gasteiger partial charge is 0.128 e. The molecule has 5 rings (SSSR count). The molecule has 6 heteroatoms. The Balaban J connectivity index is 1.47. The van der Waals surface area contributed by atoms with Gasteiger partial charge < -0.3 is 15.7 Å². The molecule has 1 aliphatic carbocycles. The van der Waals surface area contributed by atoms with E-state index in [1.807, 2.05) is 19.1 Å². The van der Waals surface area contributed by atoms with Crippen LogP contribution in [0.1, 0.15) is 43.4 Å². The number of aliphatic hydroxyl groups excluding tert-OH is 1. The SMILES string of the molecule is C[C@@H](Nc1c(Cl)cnc2ccc(-c3ccc(C4(NCCO)CCC4)cc3)cc12)c1ccccc1F. The topological polar surface area (TPSA) is 57.2 Å². The van der Waals surface area contributed by atoms with Gasteiger partial charge in [-0.05, 0) is 61.1 Å². The lowest BCUT2D eigenvalue weighted by molar-refractivity contribution is 0.167. The van der Waals surface area contributed by atoms with E-state index in [0.717, 1.165) is 40.6 Å². The van der Waals surface area contributed by atoms with Crippen LogP contribution in [0.2, 0.25) is 5.02 Å². The maximum absolute atomic E-state index is 14.4. The van der Waals surface area contributed by atoms with E-state index >= 15 is 0 Å². The fourth-order valence-corrected chi connectivity index (χ4v) is 5.19. The largest absolute Gasteiger partial charge is 0.395 e. The van der Waals surface area contributed by atoms with E-state index < -0.39 is 0 Å². The predicted molar refractivity (Wildman–Crippen MR) is 141 cm³/mol. The van der Waals surface area contributed by atoms with Gasteiger partial charge in [-0.1, -0.05) is 60.1 Å². The van der Waals surface area contributed by atoms with Crippen LogP contribution in [0.4, 0.5) is 10.1 Å². The predicted octanol–water partition coefficient (Wildman–Crippen LogP) is 6.83. The van der Waals surface area contributed by atoms with Crippen molar-refractivity contribution < 1.29 is 9.50 Å². The summed E-state index contributed by atoms with van der Waals surface area (Å²) >= 11 is 6.56. The first-order valence-electron chi connectivity index (χ1n) is 12.1. The number of rotatable bonds is 8. The Kier molecular flexibility index (Phi) is 6.74. The molecule has 0 bridgehead atoms. The van der Waals surface area contributed by atoms with Crippen molar-refractivity contribution in [3.8, 4) is 11.1 Å². The number of pyridine rings is 1. The number of fused-ring (bicyclic) bond motifs is 1. The summed E-state index contributed by atoms with van der Waals surface area (Å²) < 4.78 is 14.4. The van der Waals surface area contributed by atoms with E-state index in [0.29, 0.717) is 17.1 Å². The quantitative estimate of drug-likeness (QED) is 0.254. The van der Waals surface area contributed by atoms with Crippen LogP contribution in [0, 0.1) is 5.82 Å². The van der Waals surface area contributed by atoms with Crippen LogP contribution in [0.25, 0.3) is 22.0 Å². The third kappa shape index (κ3) is 4.64. The molecule has 180 valence electrons. The summed E-state index contributed by atoms with van der Waals surface area (Å²) in [6.07, 6.45) is 5.00. The minimum Gasteiger partial charge on any atom is -0.395 e. The van der Waals surface area contributed by atoms with Crippen molar-refractivity contribution in [3.05, 3.63) is 94.9 Å². The zero-order valence-electron chi connectivity index (χ0n) is 19.7. The normalized spacial score (nSPS) is 15.5. The van der Waals surface area contributed by atoms with Crippen molar-refractivity contribution in [2.75, 3.05) is 18.5 Å². The summed E-state index contributed by atoms with van der Waals surface area (Å²) in [6, 6.07) is 21.3. The van der Waals surface area contributed by atoms with E-state index in [1.165, 1.54) is 18.1 Å². The summed E-state index contributed by atoms with van der Waals surface area (Å²) in [6.45, 7) is 2.66. The Bertz CT molecular complexity index is 1340. The van der Waals surface area contributed by atoms with Gasteiger partial charge in [-0.25, -0.2) is 4.39 Å². The Morgan fingerprint density at radius 2 is 1.80 bits per heavy atom. The lowest BCUT2D eigenvalue weighted by atomic mass is 9.71. The summed E-state index contributed by atoms with van der Waals surface area (Å²) in [5.41, 5.74) is 5.53. The van der Waals surface area contributed by atoms with Gasteiger partial charge in [0.25, 0.3) is 0 Å². The zero-order valence-corrected chi connectivity index (χ0v) is 20.4. The molecule has 0 saturated heterocycles. The van der Waals surface area contributed by atoms with Crippen LogP contribution in [0.5, 0.6) is 0 Å². The fraction of sp³-hybridized carbons (Fsp3) is 0.276. The number of anilines is 1. The maximum atomic E-state index is 14.4. The molecular weight excluding hydrogens is 461 g/mol. The number of benzene rings is 3. The second-order valence-corrected chi connectivity index (χ2v) is 9.67. The van der Waals surface area contributed by atoms with Crippen LogP contribution in [-0.4, -0.2) is 23.2 Å². The molecule has 0 unspecified atom stereocenters. The molecule has 1 heterocycles. The molecule has 3 aromatic carbocycles. The van der Waals surface area contributed by atoms with Crippen LogP contribution in [0.15, 0.2) is 72.9 Å². The molecular formula is C29H29ClFN3O. The van der Waals surface area contributed by atoms with E-state index in [1.54, 1.807) is 18.3 Å². The Hall–Kier alpha value is -2.99. The number of halogens is 2. The molecule has 1 saturated carbocycles. The second-order valence-electron chi connectivity index (χ2n) is 9.26. The van der Waals surface area contributed by atoms with E-state index in [2.05, 4.69) is 52.0 Å². The zero-order chi connectivity index (χ0) is 24.4. The first-order chi connectivity index (χ1) is 17.0. The third-order valence-corrected chi connectivity index (χ3v) is 7.39. The molecule has 0 spiro atoms. The minimum atomic E-state index is -0.271. The summed E-state index contributed by atoms with van der Waals surface area (Å²) in [5.74, 6) is -0.250. The highest BCUT2D eigenvalue weighted by atomic mass is 35.5. The summed E-state index contributed by atoms with van der Waals surface area (Å²) in [5, 5.41) is 17.6. The Labute approximate surface area is 210 Å². The van der Waals surface area contributed by atoms with Crippen LogP contribution in [0.3, 0.4) is 0 Å². The van der Waals surface area contributed by atoms with Crippen LogP contribution in [-0.2, 0) is 5.54 Å². The molecule has 3 N–H and O–H groups in total. The molecule has 1 atom stereocenters. The monoisotopic (exact) mass is 489 g/mol. The molecule has 0 radical (unpaired) electrons. The maximum Gasteiger partial charge on any atom is 0.128 e. The first kappa shape index (κ1) is 23.7. The van der Waals surface area contributed by atoms with Gasteiger partial charge in [0.1, 0.15) is 5.82 Å². The number of hydrogen-bond acceptors (Lipinski definition) is 4. The van der Waals surface area contributed by atoms with Gasteiger partial charge in [0.15, 0.2) is 0 Å². The molecule has 1 aromatic heterocycles. The highest BCUT2D eigenvalue weighted by molar-refractivity contribution is 6.34. The molecule has 4 nitrogen and oxygen atoms in total. The molecule has 35 heavy (non-hydrogen) atoms. The molecule has 0 aliphatic heterocycles. The van der Waals surface area contributed by atoms with E-state index in [-0.39, 0.29) is 24.0 Å². The van der Waals surface area contributed by atoms with Gasteiger partial charge in [0, 0.05) is 29.2 Å². The van der Waals surface area contributed by atoms with Gasteiger partial charge in [0.05, 0.1) is 28.9 Å². The van der Waals surface area contributed by atoms with Gasteiger partial charge in [0.2, 0.25) is 0 Å². The number of aliphatic hydroxyl groups is 1. The Morgan fingerprint density at radius 3 is 2.49 bits per heavy atom. The number of aromatic nitrogens is 1. The Morgan fingerprint density at radius 1 is 1.06 bits per heavy atom. The third-order valence-electron chi connectivity index (χ3n) is 7.11. The average molecular weight is 490 g/mol. The first-order valence-corrected chi connectivity index (χ1v) is 12.4. The molecule has 0 amide bonds. The van der Waals surface area contributed by atoms with Crippen LogP contribution < -0.4 is 10.6 Å². The highest BCUT2D eigenvalue weighted by Gasteiger charge is 2.37. The van der Waals surface area contributed by atoms with Crippen molar-refractivity contribution in [3.63, 3.8) is 0 Å². The van der Waals surface area contributed by atoms with Crippen molar-refractivity contribution >= 4 is 28.2 Å². The highest BCUT2D eigenvalue weighted by Crippen LogP contribution is 2.42. The van der Waals surface area contributed by atoms with Crippen molar-refractivity contribution in [1.82, 2.24) is 10.3 Å². The molecule has 4 aromatic rings. The van der Waals surface area contributed by atoms with Crippen molar-refractivity contribution in [1.29, 1.82) is 0 Å². The van der Waals surface area contributed by atoms with E-state index in [4.69, 9.17) is 11.6 Å². The lowest BCUT2D eigenvalue weighted by Gasteiger charge is -2.43. The van der Waals surface area contributed by atoms with Gasteiger partial charge >= 0.3 is 0 Å². The number of hydrogen-bond donors (Lipinski definition) is 3. The standard InChI is InChI=1S/C29H29ClFN3O/c1-19(23-5-2-3-6-26(23)31)34-28-24-17-21(9-12-27(24)32-18-25(28)30)20-7-10-22(11-8-20)29(13-4-14-29)33-15-16-35/h2-3,5-12,17-19,33,35H,4,13-16H2,1H3,(H,32,34)/t19-/m1/s1. The average Bonchev–Trinajstić information content (AvgIpc) is 2.85. The van der Waals surface area contributed by atoms with Gasteiger partial charge in [-0.2, -0.15) is 0 Å². The van der Waals surface area contributed by atoms with Crippen molar-refractivity contribution in [2.45, 2.75) is 37.8 Å². The molecule has 1 fully saturated rings. The van der Waals surface area contributed by atoms with E-state index in [9.17, 15) is 9.50 Å². The van der Waals surface area contributed by atoms with Crippen LogP contribution >= 0.6 is 11.6 Å². The lowest BCUT2D eigenvalue weighted by Crippen LogP contribution is -2.49. The number of nitrogens with zero attached hydrogens (tertiary/aromatic N) is 1. The summed E-state index contributed by atoms with van der Waals surface area (Å²) in [7, 11) is 0. The minimum absolute atomic E-state index is 0.0258. The number of nitrogens with one attached hydrogen (secondary N) is 2. The molecule has 1 aliphatic rings. The van der Waals surface area contributed by atoms with Crippen molar-refractivity contribution in [2.24, 2.45) is 0 Å². The summed E-state index contributed by atoms with van der Waals surface area (Å²) in [4.78, 5) is 4.49. The fourth-order valence-electron chi connectivity index (χ4n) is 4.99. The van der Waals surface area contributed by atoms with Gasteiger partial charge in [-0.15, -0.1) is 0 Å².